The molecule has 0 unspecified atom stereocenters. The van der Waals surface area contributed by atoms with Crippen molar-refractivity contribution in [3.8, 4) is 5.75 Å². The molecule has 0 aliphatic heterocycles. The van der Waals surface area contributed by atoms with Crippen molar-refractivity contribution in [3.05, 3.63) is 20.2 Å². The Balaban J connectivity index is 3.22. The molecule has 1 amide bonds. The number of halogens is 2. The first-order chi connectivity index (χ1) is 5.66. The molecule has 0 aliphatic rings. The first-order valence-electron chi connectivity index (χ1n) is 3.04. The predicted molar refractivity (Wildman–Crippen MR) is 58.2 cm³/mol. The zero-order chi connectivity index (χ0) is 9.14. The van der Waals surface area contributed by atoms with Crippen molar-refractivity contribution in [1.29, 1.82) is 0 Å². The average molecular weight is 342 g/mol. The lowest BCUT2D eigenvalue weighted by atomic mass is 10.3. The molecule has 0 fully saturated rings. The molecule has 1 aromatic rings. The number of carbonyl (C=O) groups excluding carboxylic acids is 1. The van der Waals surface area contributed by atoms with E-state index in [0.717, 1.165) is 0 Å². The number of aromatic hydroxyl groups is 1. The number of benzene rings is 1. The van der Waals surface area contributed by atoms with E-state index in [1.165, 1.54) is 0 Å². The van der Waals surface area contributed by atoms with Crippen molar-refractivity contribution in [3.63, 3.8) is 0 Å². The Morgan fingerprint density at radius 1 is 1.58 bits per heavy atom. The van der Waals surface area contributed by atoms with Gasteiger partial charge in [0.25, 0.3) is 0 Å². The Hall–Kier alpha value is -0.300. The van der Waals surface area contributed by atoms with Crippen molar-refractivity contribution in [2.75, 3.05) is 5.32 Å². The molecule has 0 aliphatic carbocycles. The van der Waals surface area contributed by atoms with Gasteiger partial charge in [-0.05, 0) is 50.7 Å². The van der Waals surface area contributed by atoms with Gasteiger partial charge in [0.1, 0.15) is 0 Å². The molecule has 0 radical (unpaired) electrons. The third-order valence-electron chi connectivity index (χ3n) is 1.28. The van der Waals surface area contributed by atoms with Gasteiger partial charge in [-0.1, -0.05) is 0 Å². The molecule has 0 heterocycles. The lowest BCUT2D eigenvalue weighted by Crippen LogP contribution is -1.95. The normalized spacial score (nSPS) is 9.50. The van der Waals surface area contributed by atoms with E-state index >= 15 is 0 Å². The number of amides is 1. The van der Waals surface area contributed by atoms with E-state index < -0.39 is 0 Å². The molecular formula is C7H5BrINO2. The van der Waals surface area contributed by atoms with E-state index in [1.54, 1.807) is 12.1 Å². The summed E-state index contributed by atoms with van der Waals surface area (Å²) in [5, 5.41) is 11.9. The van der Waals surface area contributed by atoms with Crippen molar-refractivity contribution < 1.29 is 9.90 Å². The lowest BCUT2D eigenvalue weighted by molar-refractivity contribution is -0.105. The average Bonchev–Trinajstić information content (AvgIpc) is 2.06. The third-order valence-corrected chi connectivity index (χ3v) is 2.81. The van der Waals surface area contributed by atoms with Crippen LogP contribution in [0.1, 0.15) is 0 Å². The molecular weight excluding hydrogens is 337 g/mol. The van der Waals surface area contributed by atoms with Crippen LogP contribution in [0.25, 0.3) is 0 Å². The van der Waals surface area contributed by atoms with Crippen LogP contribution in [-0.4, -0.2) is 11.5 Å². The summed E-state index contributed by atoms with van der Waals surface area (Å²) < 4.78 is 1.35. The van der Waals surface area contributed by atoms with Crippen LogP contribution in [0.2, 0.25) is 0 Å². The molecule has 1 aromatic carbocycles. The lowest BCUT2D eigenvalue weighted by Gasteiger charge is -2.06. The van der Waals surface area contributed by atoms with Gasteiger partial charge in [0.2, 0.25) is 6.41 Å². The van der Waals surface area contributed by atoms with E-state index in [2.05, 4.69) is 21.2 Å². The maximum atomic E-state index is 10.1. The van der Waals surface area contributed by atoms with E-state index in [0.29, 0.717) is 20.1 Å². The van der Waals surface area contributed by atoms with Crippen LogP contribution in [-0.2, 0) is 4.79 Å². The number of nitrogens with one attached hydrogen (secondary N) is 1. The second-order valence-corrected chi connectivity index (χ2v) is 4.03. The molecule has 2 N–H and O–H groups in total. The Bertz CT molecular complexity index is 317. The maximum absolute atomic E-state index is 10.1. The molecule has 0 saturated heterocycles. The standard InChI is InChI=1S/C7H5BrINO2/c8-4-1-2-5(9)7(12)6(4)10-3-11/h1-3,12H,(H,10,11). The van der Waals surface area contributed by atoms with E-state index in [4.69, 9.17) is 0 Å². The number of carbonyl (C=O) groups is 1. The highest BCUT2D eigenvalue weighted by Crippen LogP contribution is 2.35. The number of hydrogen-bond donors (Lipinski definition) is 2. The number of phenolic OH excluding ortho intramolecular Hbond substituents is 1. The van der Waals surface area contributed by atoms with Gasteiger partial charge in [-0.25, -0.2) is 0 Å². The van der Waals surface area contributed by atoms with Crippen molar-refractivity contribution in [1.82, 2.24) is 0 Å². The summed E-state index contributed by atoms with van der Waals surface area (Å²) in [7, 11) is 0. The minimum atomic E-state index is 0.0806. The highest BCUT2D eigenvalue weighted by molar-refractivity contribution is 14.1. The minimum absolute atomic E-state index is 0.0806. The topological polar surface area (TPSA) is 49.3 Å². The second-order valence-electron chi connectivity index (χ2n) is 2.02. The highest BCUT2D eigenvalue weighted by atomic mass is 127. The number of rotatable bonds is 2. The molecule has 64 valence electrons. The minimum Gasteiger partial charge on any atom is -0.505 e. The monoisotopic (exact) mass is 341 g/mol. The quantitative estimate of drug-likeness (QED) is 0.493. The van der Waals surface area contributed by atoms with Crippen LogP contribution in [0.15, 0.2) is 16.6 Å². The molecule has 0 saturated carbocycles. The smallest absolute Gasteiger partial charge is 0.211 e. The van der Waals surface area contributed by atoms with E-state index in [1.807, 2.05) is 22.6 Å². The Kier molecular flexibility index (Phi) is 3.33. The Morgan fingerprint density at radius 3 is 2.83 bits per heavy atom. The molecule has 0 bridgehead atoms. The van der Waals surface area contributed by atoms with Crippen LogP contribution in [0, 0.1) is 3.57 Å². The van der Waals surface area contributed by atoms with Gasteiger partial charge in [-0.2, -0.15) is 0 Å². The summed E-state index contributed by atoms with van der Waals surface area (Å²) in [4.78, 5) is 10.1. The van der Waals surface area contributed by atoms with Gasteiger partial charge in [0.15, 0.2) is 5.75 Å². The Labute approximate surface area is 91.4 Å². The molecule has 5 heteroatoms. The van der Waals surface area contributed by atoms with Gasteiger partial charge >= 0.3 is 0 Å². The molecule has 12 heavy (non-hydrogen) atoms. The van der Waals surface area contributed by atoms with Crippen molar-refractivity contribution in [2.45, 2.75) is 0 Å². The fourth-order valence-corrected chi connectivity index (χ4v) is 1.62. The molecule has 1 rings (SSSR count). The Morgan fingerprint density at radius 2 is 2.25 bits per heavy atom. The molecule has 0 aromatic heterocycles. The fraction of sp³-hybridized carbons (Fsp3) is 0. The van der Waals surface area contributed by atoms with Crippen LogP contribution >= 0.6 is 38.5 Å². The van der Waals surface area contributed by atoms with Crippen molar-refractivity contribution >= 4 is 50.6 Å². The zero-order valence-electron chi connectivity index (χ0n) is 5.84. The second kappa shape index (κ2) is 4.08. The number of phenols is 1. The first kappa shape index (κ1) is 9.79. The van der Waals surface area contributed by atoms with Crippen LogP contribution in [0.5, 0.6) is 5.75 Å². The maximum Gasteiger partial charge on any atom is 0.211 e. The molecule has 0 atom stereocenters. The fourth-order valence-electron chi connectivity index (χ4n) is 0.737. The third kappa shape index (κ3) is 1.89. The van der Waals surface area contributed by atoms with E-state index in [9.17, 15) is 9.90 Å². The zero-order valence-corrected chi connectivity index (χ0v) is 9.59. The van der Waals surface area contributed by atoms with Crippen LogP contribution in [0.4, 0.5) is 5.69 Å². The van der Waals surface area contributed by atoms with Crippen LogP contribution < -0.4 is 5.32 Å². The van der Waals surface area contributed by atoms with Gasteiger partial charge in [-0.15, -0.1) is 0 Å². The van der Waals surface area contributed by atoms with Crippen molar-refractivity contribution in [2.24, 2.45) is 0 Å². The van der Waals surface area contributed by atoms with Gasteiger partial charge in [-0.3, -0.25) is 4.79 Å². The van der Waals surface area contributed by atoms with E-state index in [-0.39, 0.29) is 5.75 Å². The first-order valence-corrected chi connectivity index (χ1v) is 4.91. The van der Waals surface area contributed by atoms with Gasteiger partial charge in [0.05, 0.1) is 9.26 Å². The summed E-state index contributed by atoms with van der Waals surface area (Å²) in [5.74, 6) is 0.0806. The summed E-state index contributed by atoms with van der Waals surface area (Å²) in [6.45, 7) is 0. The summed E-state index contributed by atoms with van der Waals surface area (Å²) in [5.41, 5.74) is 0.400. The predicted octanol–water partition coefficient (Wildman–Crippen LogP) is 2.33. The molecule has 3 nitrogen and oxygen atoms in total. The SMILES string of the molecule is O=CNc1c(Br)ccc(I)c1O. The molecule has 0 spiro atoms. The number of hydrogen-bond acceptors (Lipinski definition) is 2. The van der Waals surface area contributed by atoms with Gasteiger partial charge in [0, 0.05) is 4.47 Å². The summed E-state index contributed by atoms with van der Waals surface area (Å²) in [6.07, 6.45) is 0.524. The largest absolute Gasteiger partial charge is 0.505 e. The summed E-state index contributed by atoms with van der Waals surface area (Å²) >= 11 is 5.18. The van der Waals surface area contributed by atoms with Gasteiger partial charge < -0.3 is 10.4 Å². The highest BCUT2D eigenvalue weighted by Gasteiger charge is 2.07. The number of anilines is 1. The van der Waals surface area contributed by atoms with Crippen LogP contribution in [0.3, 0.4) is 0 Å². The summed E-state index contributed by atoms with van der Waals surface area (Å²) in [6, 6.07) is 3.50.